The summed E-state index contributed by atoms with van der Waals surface area (Å²) in [5.74, 6) is 1.58. The molecule has 0 bridgehead atoms. The Labute approximate surface area is 141 Å². The molecule has 0 radical (unpaired) electrons. The van der Waals surface area contributed by atoms with Crippen molar-refractivity contribution >= 4 is 38.9 Å². The van der Waals surface area contributed by atoms with E-state index >= 15 is 0 Å². The van der Waals surface area contributed by atoms with Crippen LogP contribution in [0.5, 0.6) is 0 Å². The fraction of sp³-hybridized carbons (Fsp3) is 0.0588. The minimum Gasteiger partial charge on any atom is -0.340 e. The van der Waals surface area contributed by atoms with E-state index in [1.165, 1.54) is 12.1 Å². The van der Waals surface area contributed by atoms with Crippen molar-refractivity contribution in [3.63, 3.8) is 0 Å². The Kier molecular flexibility index (Phi) is 4.52. The van der Waals surface area contributed by atoms with Gasteiger partial charge >= 0.3 is 0 Å². The van der Waals surface area contributed by atoms with E-state index in [1.54, 1.807) is 18.2 Å². The summed E-state index contributed by atoms with van der Waals surface area (Å²) in [5.41, 5.74) is 1.56. The highest BCUT2D eigenvalue weighted by Gasteiger charge is 2.04. The molecule has 0 saturated carbocycles. The molecular formula is C17H14BrFN4. The topological polar surface area (TPSA) is 49.8 Å². The Balaban J connectivity index is 1.82. The highest BCUT2D eigenvalue weighted by Crippen LogP contribution is 2.22. The summed E-state index contributed by atoms with van der Waals surface area (Å²) in [7, 11) is 0. The molecule has 0 amide bonds. The molecule has 0 unspecified atom stereocenters. The first-order valence-corrected chi connectivity index (χ1v) is 7.79. The second-order valence-corrected chi connectivity index (χ2v) is 5.87. The molecule has 0 spiro atoms. The van der Waals surface area contributed by atoms with Crippen molar-refractivity contribution < 1.29 is 4.39 Å². The van der Waals surface area contributed by atoms with E-state index in [0.717, 1.165) is 10.2 Å². The molecule has 23 heavy (non-hydrogen) atoms. The number of benzene rings is 2. The Morgan fingerprint density at radius 2 is 1.52 bits per heavy atom. The van der Waals surface area contributed by atoms with Crippen LogP contribution in [0, 0.1) is 12.7 Å². The van der Waals surface area contributed by atoms with Gasteiger partial charge in [-0.25, -0.2) is 14.4 Å². The minimum absolute atomic E-state index is 0.297. The maximum Gasteiger partial charge on any atom is 0.136 e. The summed E-state index contributed by atoms with van der Waals surface area (Å²) < 4.78 is 14.3. The number of nitrogens with zero attached hydrogens (tertiary/aromatic N) is 2. The van der Waals surface area contributed by atoms with Crippen LogP contribution in [0.15, 0.2) is 59.1 Å². The van der Waals surface area contributed by atoms with E-state index in [0.29, 0.717) is 23.1 Å². The van der Waals surface area contributed by atoms with Gasteiger partial charge in [0.1, 0.15) is 23.3 Å². The third kappa shape index (κ3) is 4.26. The summed E-state index contributed by atoms with van der Waals surface area (Å²) in [6, 6.07) is 15.8. The van der Waals surface area contributed by atoms with Crippen LogP contribution in [0.3, 0.4) is 0 Å². The zero-order chi connectivity index (χ0) is 16.2. The summed E-state index contributed by atoms with van der Waals surface area (Å²) in [6.07, 6.45) is 0. The molecule has 0 aliphatic heterocycles. The molecule has 2 aromatic carbocycles. The van der Waals surface area contributed by atoms with Crippen LogP contribution in [-0.4, -0.2) is 9.97 Å². The number of rotatable bonds is 4. The highest BCUT2D eigenvalue weighted by atomic mass is 79.9. The number of anilines is 4. The van der Waals surface area contributed by atoms with E-state index in [2.05, 4.69) is 36.5 Å². The van der Waals surface area contributed by atoms with Gasteiger partial charge in [-0.2, -0.15) is 0 Å². The van der Waals surface area contributed by atoms with Crippen LogP contribution in [0.25, 0.3) is 0 Å². The lowest BCUT2D eigenvalue weighted by Crippen LogP contribution is -2.01. The molecule has 3 rings (SSSR count). The molecule has 0 saturated heterocycles. The zero-order valence-electron chi connectivity index (χ0n) is 12.3. The maximum atomic E-state index is 13.3. The van der Waals surface area contributed by atoms with Gasteiger partial charge < -0.3 is 10.6 Å². The summed E-state index contributed by atoms with van der Waals surface area (Å²) in [4.78, 5) is 8.69. The summed E-state index contributed by atoms with van der Waals surface area (Å²) in [5, 5.41) is 6.31. The molecular weight excluding hydrogens is 359 g/mol. The van der Waals surface area contributed by atoms with Crippen molar-refractivity contribution in [2.24, 2.45) is 0 Å². The van der Waals surface area contributed by atoms with Gasteiger partial charge in [0.15, 0.2) is 0 Å². The lowest BCUT2D eigenvalue weighted by Gasteiger charge is -2.10. The molecule has 0 atom stereocenters. The van der Waals surface area contributed by atoms with Crippen LogP contribution < -0.4 is 10.6 Å². The van der Waals surface area contributed by atoms with Gasteiger partial charge in [0.2, 0.25) is 0 Å². The van der Waals surface area contributed by atoms with Crippen molar-refractivity contribution in [3.8, 4) is 0 Å². The SMILES string of the molecule is Cc1nc(Nc2ccc(Br)cc2)cc(Nc2cccc(F)c2)n1. The van der Waals surface area contributed by atoms with Gasteiger partial charge in [0.05, 0.1) is 0 Å². The molecule has 2 N–H and O–H groups in total. The molecule has 0 fully saturated rings. The average Bonchev–Trinajstić information content (AvgIpc) is 2.49. The van der Waals surface area contributed by atoms with E-state index in [4.69, 9.17) is 0 Å². The average molecular weight is 373 g/mol. The van der Waals surface area contributed by atoms with Gasteiger partial charge in [-0.15, -0.1) is 0 Å². The lowest BCUT2D eigenvalue weighted by molar-refractivity contribution is 0.628. The molecule has 0 aliphatic carbocycles. The largest absolute Gasteiger partial charge is 0.340 e. The van der Waals surface area contributed by atoms with Crippen LogP contribution in [0.4, 0.5) is 27.4 Å². The molecule has 3 aromatic rings. The van der Waals surface area contributed by atoms with Crippen molar-refractivity contribution in [2.45, 2.75) is 6.92 Å². The number of aryl methyl sites for hydroxylation is 1. The Bertz CT molecular complexity index is 821. The van der Waals surface area contributed by atoms with Gasteiger partial charge in [-0.3, -0.25) is 0 Å². The Hall–Kier alpha value is -2.47. The molecule has 116 valence electrons. The number of halogens is 2. The van der Waals surface area contributed by atoms with Crippen LogP contribution in [-0.2, 0) is 0 Å². The van der Waals surface area contributed by atoms with E-state index in [-0.39, 0.29) is 5.82 Å². The van der Waals surface area contributed by atoms with Crippen LogP contribution >= 0.6 is 15.9 Å². The van der Waals surface area contributed by atoms with Gasteiger partial charge in [-0.05, 0) is 49.4 Å². The summed E-state index contributed by atoms with van der Waals surface area (Å²) in [6.45, 7) is 1.81. The highest BCUT2D eigenvalue weighted by molar-refractivity contribution is 9.10. The fourth-order valence-corrected chi connectivity index (χ4v) is 2.36. The second-order valence-electron chi connectivity index (χ2n) is 4.95. The third-order valence-electron chi connectivity index (χ3n) is 3.05. The first-order chi connectivity index (χ1) is 11.1. The molecule has 1 aromatic heterocycles. The third-order valence-corrected chi connectivity index (χ3v) is 3.58. The normalized spacial score (nSPS) is 10.4. The smallest absolute Gasteiger partial charge is 0.136 e. The van der Waals surface area contributed by atoms with E-state index in [1.807, 2.05) is 31.2 Å². The molecule has 6 heteroatoms. The van der Waals surface area contributed by atoms with Gasteiger partial charge in [-0.1, -0.05) is 22.0 Å². The van der Waals surface area contributed by atoms with Gasteiger partial charge in [0, 0.05) is 21.9 Å². The molecule has 0 aliphatic rings. The predicted molar refractivity (Wildman–Crippen MR) is 93.9 cm³/mol. The number of nitrogens with one attached hydrogen (secondary N) is 2. The van der Waals surface area contributed by atoms with Crippen molar-refractivity contribution in [1.29, 1.82) is 0 Å². The van der Waals surface area contributed by atoms with Crippen LogP contribution in [0.1, 0.15) is 5.82 Å². The standard InChI is InChI=1S/C17H14BrFN4/c1-11-20-16(22-14-7-5-12(18)6-8-14)10-17(21-11)23-15-4-2-3-13(19)9-15/h2-10H,1H3,(H2,20,21,22,23). The number of aromatic nitrogens is 2. The minimum atomic E-state index is -0.297. The Morgan fingerprint density at radius 3 is 2.17 bits per heavy atom. The van der Waals surface area contributed by atoms with Crippen molar-refractivity contribution in [3.05, 3.63) is 70.7 Å². The molecule has 1 heterocycles. The van der Waals surface area contributed by atoms with Crippen molar-refractivity contribution in [1.82, 2.24) is 9.97 Å². The lowest BCUT2D eigenvalue weighted by atomic mass is 10.3. The number of hydrogen-bond acceptors (Lipinski definition) is 4. The zero-order valence-corrected chi connectivity index (χ0v) is 13.9. The van der Waals surface area contributed by atoms with Crippen LogP contribution in [0.2, 0.25) is 0 Å². The molecule has 4 nitrogen and oxygen atoms in total. The first kappa shape index (κ1) is 15.4. The quantitative estimate of drug-likeness (QED) is 0.662. The first-order valence-electron chi connectivity index (χ1n) is 6.99. The monoisotopic (exact) mass is 372 g/mol. The van der Waals surface area contributed by atoms with Crippen molar-refractivity contribution in [2.75, 3.05) is 10.6 Å². The fourth-order valence-electron chi connectivity index (χ4n) is 2.09. The maximum absolute atomic E-state index is 13.3. The van der Waals surface area contributed by atoms with Gasteiger partial charge in [0.25, 0.3) is 0 Å². The predicted octanol–water partition coefficient (Wildman–Crippen LogP) is 5.17. The summed E-state index contributed by atoms with van der Waals surface area (Å²) >= 11 is 3.40. The van der Waals surface area contributed by atoms with E-state index in [9.17, 15) is 4.39 Å². The van der Waals surface area contributed by atoms with E-state index < -0.39 is 0 Å². The Morgan fingerprint density at radius 1 is 0.870 bits per heavy atom. The number of hydrogen-bond donors (Lipinski definition) is 2. The second kappa shape index (κ2) is 6.75.